The second-order valence-corrected chi connectivity index (χ2v) is 7.48. The molecule has 11 nitrogen and oxygen atoms in total. The third-order valence-corrected chi connectivity index (χ3v) is 5.29. The molecule has 36 heavy (non-hydrogen) atoms. The maximum absolute atomic E-state index is 13.2. The predicted octanol–water partition coefficient (Wildman–Crippen LogP) is 3.76. The number of nitrogens with zero attached hydrogens (tertiary/aromatic N) is 5. The molecule has 0 saturated heterocycles. The third kappa shape index (κ3) is 4.57. The summed E-state index contributed by atoms with van der Waals surface area (Å²) in [6.07, 6.45) is 5.03. The Balaban J connectivity index is 1.44. The van der Waals surface area contributed by atoms with Crippen molar-refractivity contribution in [2.75, 3.05) is 19.6 Å². The van der Waals surface area contributed by atoms with Gasteiger partial charge >= 0.3 is 6.01 Å². The Bertz CT molecular complexity index is 1480. The second kappa shape index (κ2) is 9.97. The molecule has 0 fully saturated rings. The van der Waals surface area contributed by atoms with Crippen molar-refractivity contribution in [1.29, 1.82) is 0 Å². The van der Waals surface area contributed by atoms with Gasteiger partial charge in [0.25, 0.3) is 5.91 Å². The van der Waals surface area contributed by atoms with E-state index in [4.69, 9.17) is 14.0 Å². The normalized spacial score (nSPS) is 10.6. The number of rotatable bonds is 8. The van der Waals surface area contributed by atoms with E-state index < -0.39 is 5.91 Å². The minimum absolute atomic E-state index is 0.0188. The highest BCUT2D eigenvalue weighted by Crippen LogP contribution is 2.34. The molecule has 0 aliphatic heterocycles. The van der Waals surface area contributed by atoms with Crippen molar-refractivity contribution in [3.63, 3.8) is 0 Å². The SMILES string of the molecule is COc1ccc(-c2cn(-c3ccccc3)nc2C(=O)NNc2nc(-c3ccncc3)no2)cc1OC. The molecule has 3 aromatic heterocycles. The van der Waals surface area contributed by atoms with Crippen molar-refractivity contribution in [3.05, 3.63) is 84.9 Å². The molecule has 5 rings (SSSR count). The van der Waals surface area contributed by atoms with Crippen LogP contribution in [0.25, 0.3) is 28.2 Å². The number of benzene rings is 2. The number of methoxy groups -OCH3 is 2. The molecule has 0 atom stereocenters. The molecule has 0 radical (unpaired) electrons. The zero-order valence-electron chi connectivity index (χ0n) is 19.4. The van der Waals surface area contributed by atoms with Crippen LogP contribution in [0.3, 0.4) is 0 Å². The number of carbonyl (C=O) groups excluding carboxylic acids is 1. The first-order valence-electron chi connectivity index (χ1n) is 10.8. The van der Waals surface area contributed by atoms with Crippen LogP contribution in [-0.4, -0.2) is 45.0 Å². The minimum Gasteiger partial charge on any atom is -0.493 e. The molecule has 0 bridgehead atoms. The van der Waals surface area contributed by atoms with Crippen LogP contribution in [-0.2, 0) is 0 Å². The fraction of sp³-hybridized carbons (Fsp3) is 0.0800. The monoisotopic (exact) mass is 483 g/mol. The first-order chi connectivity index (χ1) is 17.7. The Morgan fingerprint density at radius 3 is 2.47 bits per heavy atom. The molecule has 2 N–H and O–H groups in total. The van der Waals surface area contributed by atoms with Crippen LogP contribution in [0, 0.1) is 0 Å². The number of anilines is 1. The standard InChI is InChI=1S/C25H21N7O4/c1-34-20-9-8-17(14-21(20)35-2)19-15-32(18-6-4-3-5-7-18)30-22(19)24(33)28-29-25-27-23(31-36-25)16-10-12-26-13-11-16/h3-15H,1-2H3,(H,28,33)(H,27,29,31). The zero-order chi connectivity index (χ0) is 24.9. The van der Waals surface area contributed by atoms with E-state index in [1.54, 1.807) is 61.8 Å². The summed E-state index contributed by atoms with van der Waals surface area (Å²) in [5, 5.41) is 8.45. The number of nitrogens with one attached hydrogen (secondary N) is 2. The molecule has 1 amide bonds. The van der Waals surface area contributed by atoms with E-state index in [-0.39, 0.29) is 11.7 Å². The van der Waals surface area contributed by atoms with E-state index in [0.717, 1.165) is 16.8 Å². The van der Waals surface area contributed by atoms with Crippen LogP contribution in [0.5, 0.6) is 11.5 Å². The fourth-order valence-corrected chi connectivity index (χ4v) is 3.53. The van der Waals surface area contributed by atoms with Gasteiger partial charge in [0.2, 0.25) is 5.82 Å². The van der Waals surface area contributed by atoms with Gasteiger partial charge in [-0.3, -0.25) is 15.2 Å². The summed E-state index contributed by atoms with van der Waals surface area (Å²) in [6.45, 7) is 0. The van der Waals surface area contributed by atoms with Gasteiger partial charge in [0.15, 0.2) is 17.2 Å². The molecular weight excluding hydrogens is 462 g/mol. The lowest BCUT2D eigenvalue weighted by atomic mass is 10.1. The van der Waals surface area contributed by atoms with Crippen molar-refractivity contribution < 1.29 is 18.8 Å². The highest BCUT2D eigenvalue weighted by molar-refractivity contribution is 5.99. The van der Waals surface area contributed by atoms with Crippen molar-refractivity contribution in [2.24, 2.45) is 0 Å². The number of hydrogen-bond acceptors (Lipinski definition) is 9. The van der Waals surface area contributed by atoms with Gasteiger partial charge in [-0.25, -0.2) is 10.1 Å². The second-order valence-electron chi connectivity index (χ2n) is 7.48. The smallest absolute Gasteiger partial charge is 0.340 e. The van der Waals surface area contributed by atoms with Gasteiger partial charge < -0.3 is 14.0 Å². The molecule has 180 valence electrons. The quantitative estimate of drug-likeness (QED) is 0.317. The molecule has 0 aliphatic rings. The summed E-state index contributed by atoms with van der Waals surface area (Å²) >= 11 is 0. The molecule has 3 heterocycles. The zero-order valence-corrected chi connectivity index (χ0v) is 19.4. The maximum atomic E-state index is 13.2. The van der Waals surface area contributed by atoms with Gasteiger partial charge in [0, 0.05) is 29.7 Å². The average Bonchev–Trinajstić information content (AvgIpc) is 3.60. The maximum Gasteiger partial charge on any atom is 0.340 e. The van der Waals surface area contributed by atoms with Gasteiger partial charge in [0.1, 0.15) is 0 Å². The minimum atomic E-state index is -0.502. The van der Waals surface area contributed by atoms with E-state index in [1.165, 1.54) is 0 Å². The van der Waals surface area contributed by atoms with Crippen LogP contribution in [0.15, 0.2) is 83.8 Å². The van der Waals surface area contributed by atoms with E-state index >= 15 is 0 Å². The molecule has 0 spiro atoms. The number of para-hydroxylation sites is 1. The van der Waals surface area contributed by atoms with Crippen LogP contribution in [0.1, 0.15) is 10.5 Å². The lowest BCUT2D eigenvalue weighted by Gasteiger charge is -2.09. The van der Waals surface area contributed by atoms with Crippen LogP contribution >= 0.6 is 0 Å². The van der Waals surface area contributed by atoms with Gasteiger partial charge in [-0.05, 0) is 42.0 Å². The fourth-order valence-electron chi connectivity index (χ4n) is 3.53. The average molecular weight is 483 g/mol. The number of aromatic nitrogens is 5. The number of carbonyl (C=O) groups is 1. The molecule has 0 unspecified atom stereocenters. The first kappa shape index (κ1) is 22.6. The van der Waals surface area contributed by atoms with Crippen LogP contribution in [0.2, 0.25) is 0 Å². The number of hydrogen-bond donors (Lipinski definition) is 2. The lowest BCUT2D eigenvalue weighted by Crippen LogP contribution is -2.30. The van der Waals surface area contributed by atoms with Gasteiger partial charge in [-0.2, -0.15) is 10.1 Å². The summed E-state index contributed by atoms with van der Waals surface area (Å²) in [5.41, 5.74) is 8.23. The van der Waals surface area contributed by atoms with E-state index in [9.17, 15) is 4.79 Å². The molecule has 5 aromatic rings. The number of amides is 1. The summed E-state index contributed by atoms with van der Waals surface area (Å²) < 4.78 is 17.6. The molecule has 2 aromatic carbocycles. The third-order valence-electron chi connectivity index (χ3n) is 5.29. The largest absolute Gasteiger partial charge is 0.493 e. The first-order valence-corrected chi connectivity index (χ1v) is 10.8. The Kier molecular flexibility index (Phi) is 6.26. The molecule has 0 saturated carbocycles. The van der Waals surface area contributed by atoms with Gasteiger partial charge in [0.05, 0.1) is 19.9 Å². The summed E-state index contributed by atoms with van der Waals surface area (Å²) in [5.74, 6) is 0.957. The summed E-state index contributed by atoms with van der Waals surface area (Å²) in [4.78, 5) is 21.4. The Morgan fingerprint density at radius 1 is 0.944 bits per heavy atom. The topological polar surface area (TPSA) is 129 Å². The Morgan fingerprint density at radius 2 is 1.72 bits per heavy atom. The van der Waals surface area contributed by atoms with Crippen molar-refractivity contribution in [1.82, 2.24) is 30.3 Å². The highest BCUT2D eigenvalue weighted by Gasteiger charge is 2.21. The Labute approximate surface area is 205 Å². The number of pyridine rings is 1. The lowest BCUT2D eigenvalue weighted by molar-refractivity contribution is 0.0956. The highest BCUT2D eigenvalue weighted by atomic mass is 16.5. The molecule has 0 aliphatic carbocycles. The van der Waals surface area contributed by atoms with E-state index in [2.05, 4.69) is 31.1 Å². The Hall–Kier alpha value is -5.19. The van der Waals surface area contributed by atoms with Crippen LogP contribution < -0.4 is 20.3 Å². The van der Waals surface area contributed by atoms with Crippen LogP contribution in [0.4, 0.5) is 6.01 Å². The molecule has 11 heteroatoms. The van der Waals surface area contributed by atoms with Gasteiger partial charge in [-0.1, -0.05) is 29.4 Å². The van der Waals surface area contributed by atoms with Crippen molar-refractivity contribution >= 4 is 11.9 Å². The number of hydrazine groups is 1. The predicted molar refractivity (Wildman–Crippen MR) is 131 cm³/mol. The van der Waals surface area contributed by atoms with Gasteiger partial charge in [-0.15, -0.1) is 0 Å². The summed E-state index contributed by atoms with van der Waals surface area (Å²) in [7, 11) is 3.12. The molecular formula is C25H21N7O4. The van der Waals surface area contributed by atoms with E-state index in [0.29, 0.717) is 22.9 Å². The van der Waals surface area contributed by atoms with Crippen molar-refractivity contribution in [2.45, 2.75) is 0 Å². The number of ether oxygens (including phenoxy) is 2. The van der Waals surface area contributed by atoms with Crippen molar-refractivity contribution in [3.8, 4) is 39.7 Å². The van der Waals surface area contributed by atoms with E-state index in [1.807, 2.05) is 36.4 Å². The summed E-state index contributed by atoms with van der Waals surface area (Å²) in [6, 6.07) is 18.4.